The van der Waals surface area contributed by atoms with Gasteiger partial charge in [0.25, 0.3) is 0 Å². The third-order valence-corrected chi connectivity index (χ3v) is 4.68. The fraction of sp³-hybridized carbons (Fsp3) is 0.375. The Hall–Kier alpha value is -2.05. The molecular weight excluding hydrogens is 320 g/mol. The molecule has 2 aromatic rings. The standard InChI is InChI=1S/C16H17ClN2O4/c17-10-1-2-13-11(7-10)12(8-18-13)14(16(22)23)19-5-3-9(4-6-19)15(20)21/h1-2,7-9,14,18H,3-6H2,(H,20,21)(H,22,23)/t14-/m1/s1. The van der Waals surface area contributed by atoms with Gasteiger partial charge in [-0.2, -0.15) is 0 Å². The van der Waals surface area contributed by atoms with Crippen molar-refractivity contribution >= 4 is 34.4 Å². The Morgan fingerprint density at radius 1 is 1.26 bits per heavy atom. The maximum absolute atomic E-state index is 11.8. The first-order valence-corrected chi connectivity index (χ1v) is 7.81. The Morgan fingerprint density at radius 3 is 2.57 bits per heavy atom. The average Bonchev–Trinajstić information content (AvgIpc) is 2.91. The van der Waals surface area contributed by atoms with E-state index in [-0.39, 0.29) is 0 Å². The van der Waals surface area contributed by atoms with Crippen LogP contribution < -0.4 is 0 Å². The summed E-state index contributed by atoms with van der Waals surface area (Å²) in [6.45, 7) is 0.891. The first kappa shape index (κ1) is 15.8. The minimum atomic E-state index is -0.945. The topological polar surface area (TPSA) is 93.6 Å². The van der Waals surface area contributed by atoms with Gasteiger partial charge in [0.1, 0.15) is 6.04 Å². The van der Waals surface area contributed by atoms with Gasteiger partial charge in [-0.25, -0.2) is 0 Å². The molecule has 0 saturated carbocycles. The highest BCUT2D eigenvalue weighted by Gasteiger charge is 2.34. The number of nitrogens with one attached hydrogen (secondary N) is 1. The van der Waals surface area contributed by atoms with E-state index in [2.05, 4.69) is 4.98 Å². The largest absolute Gasteiger partial charge is 0.481 e. The maximum Gasteiger partial charge on any atom is 0.325 e. The second kappa shape index (κ2) is 6.22. The van der Waals surface area contributed by atoms with Crippen LogP contribution in [0, 0.1) is 5.92 Å². The molecule has 0 amide bonds. The summed E-state index contributed by atoms with van der Waals surface area (Å²) in [5.74, 6) is -2.15. The van der Waals surface area contributed by atoms with Gasteiger partial charge >= 0.3 is 11.9 Å². The summed E-state index contributed by atoms with van der Waals surface area (Å²) >= 11 is 6.03. The van der Waals surface area contributed by atoms with Crippen LogP contribution in [-0.2, 0) is 9.59 Å². The number of likely N-dealkylation sites (tertiary alicyclic amines) is 1. The van der Waals surface area contributed by atoms with Crippen LogP contribution in [0.25, 0.3) is 10.9 Å². The smallest absolute Gasteiger partial charge is 0.325 e. The molecular formula is C16H17ClN2O4. The summed E-state index contributed by atoms with van der Waals surface area (Å²) in [6, 6.07) is 4.51. The van der Waals surface area contributed by atoms with Gasteiger partial charge < -0.3 is 15.2 Å². The van der Waals surface area contributed by atoms with Crippen LogP contribution in [0.1, 0.15) is 24.4 Å². The zero-order chi connectivity index (χ0) is 16.6. The second-order valence-electron chi connectivity index (χ2n) is 5.82. The molecule has 1 aliphatic heterocycles. The fourth-order valence-electron chi connectivity index (χ4n) is 3.23. The Labute approximate surface area is 137 Å². The summed E-state index contributed by atoms with van der Waals surface area (Å²) in [7, 11) is 0. The number of fused-ring (bicyclic) bond motifs is 1. The monoisotopic (exact) mass is 336 g/mol. The number of H-pyrrole nitrogens is 1. The molecule has 1 saturated heterocycles. The third kappa shape index (κ3) is 3.04. The molecule has 7 heteroatoms. The predicted octanol–water partition coefficient (Wildman–Crippen LogP) is 2.74. The van der Waals surface area contributed by atoms with Crippen molar-refractivity contribution in [2.75, 3.05) is 13.1 Å². The number of carbonyl (C=O) groups is 2. The van der Waals surface area contributed by atoms with E-state index >= 15 is 0 Å². The zero-order valence-electron chi connectivity index (χ0n) is 12.3. The second-order valence-corrected chi connectivity index (χ2v) is 6.26. The predicted molar refractivity (Wildman–Crippen MR) is 85.6 cm³/mol. The number of benzene rings is 1. The van der Waals surface area contributed by atoms with E-state index < -0.39 is 23.9 Å². The van der Waals surface area contributed by atoms with Gasteiger partial charge in [0.05, 0.1) is 5.92 Å². The molecule has 122 valence electrons. The summed E-state index contributed by atoms with van der Waals surface area (Å²) in [5.41, 5.74) is 1.49. The number of nitrogens with zero attached hydrogens (tertiary/aromatic N) is 1. The van der Waals surface area contributed by atoms with E-state index in [1.807, 2.05) is 11.0 Å². The third-order valence-electron chi connectivity index (χ3n) is 4.45. The average molecular weight is 337 g/mol. The summed E-state index contributed by atoms with van der Waals surface area (Å²) in [4.78, 5) is 27.8. The lowest BCUT2D eigenvalue weighted by molar-refractivity contribution is -0.146. The van der Waals surface area contributed by atoms with Crippen LogP contribution in [0.4, 0.5) is 0 Å². The molecule has 0 aliphatic carbocycles. The fourth-order valence-corrected chi connectivity index (χ4v) is 3.40. The van der Waals surface area contributed by atoms with Gasteiger partial charge in [0.2, 0.25) is 0 Å². The molecule has 23 heavy (non-hydrogen) atoms. The Morgan fingerprint density at radius 2 is 1.96 bits per heavy atom. The van der Waals surface area contributed by atoms with Crippen LogP contribution in [0.15, 0.2) is 24.4 Å². The van der Waals surface area contributed by atoms with Crippen molar-refractivity contribution in [3.05, 3.63) is 35.0 Å². The molecule has 1 aliphatic rings. The molecule has 0 spiro atoms. The minimum absolute atomic E-state index is 0.391. The van der Waals surface area contributed by atoms with Crippen LogP contribution in [0.2, 0.25) is 5.02 Å². The first-order chi connectivity index (χ1) is 11.0. The highest BCUT2D eigenvalue weighted by molar-refractivity contribution is 6.31. The lowest BCUT2D eigenvalue weighted by Crippen LogP contribution is -2.41. The Balaban J connectivity index is 1.91. The van der Waals surface area contributed by atoms with Gasteiger partial charge in [-0.05, 0) is 31.0 Å². The number of hydrogen-bond donors (Lipinski definition) is 3. The number of halogens is 1. The van der Waals surface area contributed by atoms with Crippen molar-refractivity contribution in [2.24, 2.45) is 5.92 Å². The minimum Gasteiger partial charge on any atom is -0.481 e. The van der Waals surface area contributed by atoms with E-state index in [4.69, 9.17) is 16.7 Å². The molecule has 3 rings (SSSR count). The molecule has 1 atom stereocenters. The lowest BCUT2D eigenvalue weighted by atomic mass is 9.94. The number of carboxylic acids is 2. The molecule has 1 aromatic carbocycles. The van der Waals surface area contributed by atoms with Gasteiger partial charge in [-0.15, -0.1) is 0 Å². The Kier molecular flexibility index (Phi) is 4.28. The molecule has 0 unspecified atom stereocenters. The maximum atomic E-state index is 11.8. The number of aromatic amines is 1. The highest BCUT2D eigenvalue weighted by Crippen LogP contribution is 2.33. The van der Waals surface area contributed by atoms with Crippen LogP contribution >= 0.6 is 11.6 Å². The van der Waals surface area contributed by atoms with Crippen LogP contribution in [0.5, 0.6) is 0 Å². The van der Waals surface area contributed by atoms with Crippen LogP contribution in [-0.4, -0.2) is 45.1 Å². The van der Waals surface area contributed by atoms with E-state index in [0.29, 0.717) is 36.5 Å². The molecule has 3 N–H and O–H groups in total. The SMILES string of the molecule is O=C(O)C1CCN([C@@H](C(=O)O)c2c[nH]c3ccc(Cl)cc23)CC1. The van der Waals surface area contributed by atoms with Crippen molar-refractivity contribution in [3.8, 4) is 0 Å². The molecule has 0 bridgehead atoms. The number of aliphatic carboxylic acids is 2. The number of aromatic nitrogens is 1. The molecule has 1 aromatic heterocycles. The van der Waals surface area contributed by atoms with Crippen molar-refractivity contribution in [3.63, 3.8) is 0 Å². The van der Waals surface area contributed by atoms with E-state index in [9.17, 15) is 14.7 Å². The Bertz CT molecular complexity index is 750. The van der Waals surface area contributed by atoms with E-state index in [1.54, 1.807) is 18.3 Å². The van der Waals surface area contributed by atoms with Crippen molar-refractivity contribution < 1.29 is 19.8 Å². The van der Waals surface area contributed by atoms with E-state index in [0.717, 1.165) is 10.9 Å². The quantitative estimate of drug-likeness (QED) is 0.798. The molecule has 2 heterocycles. The molecule has 6 nitrogen and oxygen atoms in total. The number of piperidine rings is 1. The first-order valence-electron chi connectivity index (χ1n) is 7.43. The van der Waals surface area contributed by atoms with Crippen molar-refractivity contribution in [1.29, 1.82) is 0 Å². The van der Waals surface area contributed by atoms with Gasteiger partial charge in [0.15, 0.2) is 0 Å². The molecule has 1 fully saturated rings. The van der Waals surface area contributed by atoms with Gasteiger partial charge in [-0.1, -0.05) is 11.6 Å². The lowest BCUT2D eigenvalue weighted by Gasteiger charge is -2.34. The molecule has 0 radical (unpaired) electrons. The van der Waals surface area contributed by atoms with Crippen LogP contribution in [0.3, 0.4) is 0 Å². The van der Waals surface area contributed by atoms with Gasteiger partial charge in [0, 0.05) is 40.8 Å². The number of rotatable bonds is 4. The normalized spacial score (nSPS) is 18.1. The zero-order valence-corrected chi connectivity index (χ0v) is 13.1. The van der Waals surface area contributed by atoms with Crippen molar-refractivity contribution in [2.45, 2.75) is 18.9 Å². The van der Waals surface area contributed by atoms with E-state index in [1.165, 1.54) is 0 Å². The summed E-state index contributed by atoms with van der Waals surface area (Å²) in [6.07, 6.45) is 2.62. The number of hydrogen-bond acceptors (Lipinski definition) is 3. The summed E-state index contributed by atoms with van der Waals surface area (Å²) < 4.78 is 0. The van der Waals surface area contributed by atoms with Crippen molar-refractivity contribution in [1.82, 2.24) is 9.88 Å². The summed E-state index contributed by atoms with van der Waals surface area (Å²) in [5, 5.41) is 20.1. The highest BCUT2D eigenvalue weighted by atomic mass is 35.5. The number of carboxylic acid groups (broad SMARTS) is 2. The van der Waals surface area contributed by atoms with Gasteiger partial charge in [-0.3, -0.25) is 14.5 Å².